The van der Waals surface area contributed by atoms with E-state index in [-0.39, 0.29) is 170 Å². The molecule has 2 heterocycles. The molecule has 14 rings (SSSR count). The first-order valence-electron chi connectivity index (χ1n) is 40.3. The lowest BCUT2D eigenvalue weighted by Gasteiger charge is -2.59. The van der Waals surface area contributed by atoms with Crippen LogP contribution in [0.15, 0.2) is 0 Å². The van der Waals surface area contributed by atoms with Gasteiger partial charge in [0.05, 0.1) is 69.9 Å². The van der Waals surface area contributed by atoms with Crippen molar-refractivity contribution in [3.8, 4) is 0 Å². The monoisotopic (exact) mass is 1630 g/mol. The Morgan fingerprint density at radius 2 is 0.684 bits per heavy atom. The van der Waals surface area contributed by atoms with Crippen molar-refractivity contribution in [3.05, 3.63) is 0 Å². The van der Waals surface area contributed by atoms with Gasteiger partial charge in [0.2, 0.25) is 6.10 Å². The number of ether oxygens (including phenoxy) is 8. The van der Waals surface area contributed by atoms with Gasteiger partial charge < -0.3 is 48.1 Å². The minimum atomic E-state index is -0.687. The smallest absolute Gasteiger partial charge is 0.347 e. The van der Waals surface area contributed by atoms with Crippen molar-refractivity contribution in [2.75, 3.05) is 20.3 Å². The van der Waals surface area contributed by atoms with Gasteiger partial charge in [-0.25, -0.2) is 4.79 Å². The van der Waals surface area contributed by atoms with Crippen molar-refractivity contribution in [1.29, 1.82) is 0 Å². The second-order valence-electron chi connectivity index (χ2n) is 37.7. The van der Waals surface area contributed by atoms with Crippen LogP contribution in [0.5, 0.6) is 0 Å². The molecule has 682 valence electrons. The lowest BCUT2D eigenvalue weighted by atomic mass is 9.52. The average Bonchev–Trinajstić information content (AvgIpc) is 1.08. The third-order valence-corrected chi connectivity index (χ3v) is 27.2. The zero-order valence-electron chi connectivity index (χ0n) is 67.7. The van der Waals surface area contributed by atoms with Crippen molar-refractivity contribution < 1.29 is 86.5 Å². The summed E-state index contributed by atoms with van der Waals surface area (Å²) in [6.45, 7) is 40.3. The summed E-state index contributed by atoms with van der Waals surface area (Å²) >= 11 is 0. The maximum Gasteiger partial charge on any atom is 0.347 e. The summed E-state index contributed by atoms with van der Waals surface area (Å²) < 4.78 is 42.9. The molecule has 18 heteroatoms. The summed E-state index contributed by atoms with van der Waals surface area (Å²) in [6.07, 6.45) is 30.7. The third kappa shape index (κ3) is 30.7. The van der Waals surface area contributed by atoms with Gasteiger partial charge in [-0.2, -0.15) is 0 Å². The van der Waals surface area contributed by atoms with Crippen LogP contribution >= 0.6 is 0 Å². The number of hydrogen-bond donors (Lipinski definition) is 2. The van der Waals surface area contributed by atoms with Gasteiger partial charge in [0.25, 0.3) is 0 Å². The largest absolute Gasteiger partial charge is 0.469 e. The maximum absolute atomic E-state index is 12.4. The van der Waals surface area contributed by atoms with Crippen LogP contribution in [0.1, 0.15) is 433 Å². The number of carbonyl (C=O) groups is 8. The predicted molar refractivity (Wildman–Crippen MR) is 474 cm³/mol. The average molecular weight is 1630 g/mol. The standard InChI is InChI=1S/2C16H26O3.2C13H24O2.C10H16O4.C9H12O2.C7H14O2.12CH4/c2*1-4-14(2,3)13(17)19-16-8-11-5-12(9-16)7-15(18,6-11)10-16;2*1-5-12(3,4)11(14)15-13(6-2)9-7-8-10-13;1-4-10(2,3)9(12)14-7-5-6-13-8(7)11;10-9-8-6-2-1-5(3-6)7(8)4-11-9;1-5-7(2,3)6(8)9-4;;;;;;;;;;;;/h2*11-12,18H,4-10H2,1-3H3;2*5-10H2,1-4H3;7H,4-6H2,1-3H3;5-8H,1-4H2;5H2,1-4H3;12*1H4. The predicted octanol–water partition coefficient (Wildman–Crippen LogP) is 25.2. The molecule has 0 aromatic heterocycles. The van der Waals surface area contributed by atoms with Crippen LogP contribution in [0.4, 0.5) is 0 Å². The first kappa shape index (κ1) is 123. The molecule has 0 aromatic rings. The van der Waals surface area contributed by atoms with E-state index < -0.39 is 39.5 Å². The zero-order chi connectivity index (χ0) is 76.5. The molecule has 10 bridgehead atoms. The Kier molecular flexibility index (Phi) is 52.6. The normalized spacial score (nSPS) is 28.8. The Bertz CT molecular complexity index is 2700. The van der Waals surface area contributed by atoms with E-state index in [0.29, 0.717) is 73.7 Å². The van der Waals surface area contributed by atoms with Crippen LogP contribution in [0.2, 0.25) is 0 Å². The molecule has 0 aromatic carbocycles. The number of methoxy groups -OCH3 is 1. The molecule has 0 amide bonds. The molecule has 14 fully saturated rings. The fraction of sp³-hybridized carbons (Fsp3) is 0.917. The van der Waals surface area contributed by atoms with Gasteiger partial charge in [-0.3, -0.25) is 33.6 Å². The molecule has 14 aliphatic rings. The first-order chi connectivity index (χ1) is 47.3. The molecule has 18 nitrogen and oxygen atoms in total. The molecule has 2 saturated heterocycles. The fourth-order valence-corrected chi connectivity index (χ4v) is 18.2. The maximum atomic E-state index is 12.4. The quantitative estimate of drug-likeness (QED) is 0.0900. The van der Waals surface area contributed by atoms with E-state index in [2.05, 4.69) is 18.6 Å². The highest BCUT2D eigenvalue weighted by atomic mass is 16.6. The fourth-order valence-electron chi connectivity index (χ4n) is 18.2. The summed E-state index contributed by atoms with van der Waals surface area (Å²) in [7, 11) is 1.42. The van der Waals surface area contributed by atoms with Gasteiger partial charge in [0, 0.05) is 25.2 Å². The Morgan fingerprint density at radius 3 is 0.947 bits per heavy atom. The highest BCUT2D eigenvalue weighted by Gasteiger charge is 2.62. The Morgan fingerprint density at radius 1 is 0.386 bits per heavy atom. The molecule has 2 N–H and O–H groups in total. The van der Waals surface area contributed by atoms with Crippen LogP contribution in [-0.2, 0) is 76.3 Å². The molecular formula is C96H190O18. The van der Waals surface area contributed by atoms with Crippen LogP contribution < -0.4 is 0 Å². The summed E-state index contributed by atoms with van der Waals surface area (Å²) in [5.41, 5.74) is -4.41. The van der Waals surface area contributed by atoms with E-state index in [1.807, 2.05) is 111 Å². The molecule has 9 unspecified atom stereocenters. The Labute approximate surface area is 703 Å². The molecule has 9 atom stereocenters. The number of rotatable bonds is 19. The number of hydrogen-bond acceptors (Lipinski definition) is 18. The Balaban J connectivity index is -0.000000233. The molecule has 0 radical (unpaired) electrons. The van der Waals surface area contributed by atoms with E-state index in [0.717, 1.165) is 135 Å². The van der Waals surface area contributed by atoms with Crippen molar-refractivity contribution >= 4 is 47.8 Å². The van der Waals surface area contributed by atoms with E-state index in [4.69, 9.17) is 33.2 Å². The van der Waals surface area contributed by atoms with Gasteiger partial charge >= 0.3 is 47.8 Å². The summed E-state index contributed by atoms with van der Waals surface area (Å²) in [5, 5.41) is 21.3. The molecule has 114 heavy (non-hydrogen) atoms. The lowest BCUT2D eigenvalue weighted by Crippen LogP contribution is -2.61. The number of carbonyl (C=O) groups excluding carboxylic acids is 8. The minimum Gasteiger partial charge on any atom is -0.469 e. The Hall–Kier alpha value is -4.32. The van der Waals surface area contributed by atoms with Crippen LogP contribution in [-0.4, -0.2) is 118 Å². The van der Waals surface area contributed by atoms with E-state index in [9.17, 15) is 48.6 Å². The second-order valence-corrected chi connectivity index (χ2v) is 37.7. The van der Waals surface area contributed by atoms with E-state index in [1.54, 1.807) is 13.8 Å². The third-order valence-electron chi connectivity index (χ3n) is 27.2. The van der Waals surface area contributed by atoms with Crippen LogP contribution in [0, 0.1) is 79.8 Å². The van der Waals surface area contributed by atoms with E-state index in [1.165, 1.54) is 64.9 Å². The second kappa shape index (κ2) is 48.8. The molecule has 12 aliphatic carbocycles. The zero-order valence-corrected chi connectivity index (χ0v) is 67.7. The van der Waals surface area contributed by atoms with Gasteiger partial charge in [0.1, 0.15) is 22.4 Å². The van der Waals surface area contributed by atoms with Crippen LogP contribution in [0.3, 0.4) is 0 Å². The highest BCUT2D eigenvalue weighted by molar-refractivity contribution is 5.83. The van der Waals surface area contributed by atoms with Crippen molar-refractivity contribution in [1.82, 2.24) is 0 Å². The molecule has 12 saturated carbocycles. The summed E-state index contributed by atoms with van der Waals surface area (Å²) in [4.78, 5) is 93.4. The highest BCUT2D eigenvalue weighted by Crippen LogP contribution is 2.61. The molecule has 0 spiro atoms. The SMILES string of the molecule is C.C.C.C.C.C.C.C.C.C.C.C.CCC(C)(C)C(=O)OC.CCC(C)(C)C(=O)OC12CC3CC(CC(O)(C3)C1)C2.CCC(C)(C)C(=O)OC12CC3CC(CC(O)(C3)C1)C2.CCC(C)(C)C(=O)OC1CCOC1=O.CCC1(OC(=O)C(C)(C)CC)CCCC1.CCC1(OC(=O)C(C)(C)CC)CCCC1.O=C1OCC2C3CCC(C3)C12. The molecule has 2 aliphatic heterocycles. The van der Waals surface area contributed by atoms with Crippen LogP contribution in [0.25, 0.3) is 0 Å². The van der Waals surface area contributed by atoms with Gasteiger partial charge in [-0.05, 0) is 305 Å². The lowest BCUT2D eigenvalue weighted by molar-refractivity contribution is -0.226. The number of aliphatic hydroxyl groups is 2. The van der Waals surface area contributed by atoms with Gasteiger partial charge in [-0.1, -0.05) is 145 Å². The van der Waals surface area contributed by atoms with Gasteiger partial charge in [-0.15, -0.1) is 0 Å². The van der Waals surface area contributed by atoms with Crippen molar-refractivity contribution in [2.24, 2.45) is 79.8 Å². The van der Waals surface area contributed by atoms with Gasteiger partial charge in [0.15, 0.2) is 0 Å². The summed E-state index contributed by atoms with van der Waals surface area (Å²) in [5.74, 6) is 3.69. The van der Waals surface area contributed by atoms with Crippen molar-refractivity contribution in [2.45, 2.75) is 473 Å². The number of esters is 8. The first-order valence-corrected chi connectivity index (χ1v) is 40.3. The van der Waals surface area contributed by atoms with E-state index >= 15 is 0 Å². The minimum absolute atomic E-state index is 0. The summed E-state index contributed by atoms with van der Waals surface area (Å²) in [6, 6.07) is 0. The van der Waals surface area contributed by atoms with Crippen molar-refractivity contribution in [3.63, 3.8) is 0 Å². The molecular weight excluding hydrogens is 1440 g/mol. The number of fused-ring (bicyclic) bond motifs is 5. The number of cyclic esters (lactones) is 2. The topological polar surface area (TPSA) is 251 Å².